The van der Waals surface area contributed by atoms with Crippen molar-refractivity contribution in [3.8, 4) is 0 Å². The van der Waals surface area contributed by atoms with Gasteiger partial charge < -0.3 is 10.6 Å². The monoisotopic (exact) mass is 200 g/mol. The molecule has 1 saturated heterocycles. The Morgan fingerprint density at radius 1 is 1.54 bits per heavy atom. The summed E-state index contributed by atoms with van der Waals surface area (Å²) in [6, 6.07) is 0.797. The summed E-state index contributed by atoms with van der Waals surface area (Å²) < 4.78 is 0. The molecule has 0 aromatic carbocycles. The molecule has 2 aliphatic rings. The van der Waals surface area contributed by atoms with Crippen LogP contribution in [0.25, 0.3) is 0 Å². The maximum absolute atomic E-state index is 6.22. The molecule has 1 unspecified atom stereocenters. The van der Waals surface area contributed by atoms with Gasteiger partial charge in [0, 0.05) is 23.9 Å². The van der Waals surface area contributed by atoms with Crippen molar-refractivity contribution in [2.45, 2.75) is 37.3 Å². The predicted octanol–water partition coefficient (Wildman–Crippen LogP) is 1.31. The lowest BCUT2D eigenvalue weighted by Crippen LogP contribution is -2.56. The van der Waals surface area contributed by atoms with Gasteiger partial charge in [-0.15, -0.1) is 0 Å². The largest absolute Gasteiger partial charge is 0.324 e. The molecule has 3 heteroatoms. The molecule has 2 rings (SSSR count). The molecule has 2 fully saturated rings. The zero-order chi connectivity index (χ0) is 9.31. The highest BCUT2D eigenvalue weighted by Gasteiger charge is 2.35. The van der Waals surface area contributed by atoms with Gasteiger partial charge >= 0.3 is 0 Å². The van der Waals surface area contributed by atoms with E-state index in [0.717, 1.165) is 12.6 Å². The van der Waals surface area contributed by atoms with E-state index in [0.29, 0.717) is 0 Å². The maximum atomic E-state index is 6.22. The molecule has 0 aromatic rings. The Kier molecular flexibility index (Phi) is 2.86. The first-order chi connectivity index (χ1) is 6.20. The highest BCUT2D eigenvalue weighted by molar-refractivity contribution is 7.99. The van der Waals surface area contributed by atoms with Crippen molar-refractivity contribution >= 4 is 11.8 Å². The third-order valence-electron chi connectivity index (χ3n) is 3.44. The molecule has 1 aliphatic carbocycles. The third kappa shape index (κ3) is 2.20. The molecule has 13 heavy (non-hydrogen) atoms. The first-order valence-electron chi connectivity index (χ1n) is 5.26. The van der Waals surface area contributed by atoms with E-state index in [9.17, 15) is 0 Å². The quantitative estimate of drug-likeness (QED) is 0.745. The Morgan fingerprint density at radius 3 is 2.77 bits per heavy atom. The number of rotatable bonds is 3. The van der Waals surface area contributed by atoms with E-state index < -0.39 is 0 Å². The topological polar surface area (TPSA) is 29.3 Å². The van der Waals surface area contributed by atoms with Gasteiger partial charge in [-0.25, -0.2) is 0 Å². The van der Waals surface area contributed by atoms with Gasteiger partial charge in [0.1, 0.15) is 0 Å². The second kappa shape index (κ2) is 3.79. The van der Waals surface area contributed by atoms with Crippen LogP contribution in [0.5, 0.6) is 0 Å². The van der Waals surface area contributed by atoms with Crippen LogP contribution in [0.3, 0.4) is 0 Å². The van der Waals surface area contributed by atoms with E-state index in [4.69, 9.17) is 5.73 Å². The summed E-state index contributed by atoms with van der Waals surface area (Å²) in [5.41, 5.74) is 6.39. The van der Waals surface area contributed by atoms with E-state index in [1.54, 1.807) is 0 Å². The molecule has 1 heterocycles. The van der Waals surface area contributed by atoms with Crippen molar-refractivity contribution in [2.24, 2.45) is 5.73 Å². The highest BCUT2D eigenvalue weighted by Crippen LogP contribution is 2.31. The molecule has 0 bridgehead atoms. The highest BCUT2D eigenvalue weighted by atomic mass is 32.2. The van der Waals surface area contributed by atoms with Crippen LogP contribution < -0.4 is 5.73 Å². The summed E-state index contributed by atoms with van der Waals surface area (Å²) in [4.78, 5) is 2.49. The smallest absolute Gasteiger partial charge is 0.0283 e. The van der Waals surface area contributed by atoms with Crippen molar-refractivity contribution in [2.75, 3.05) is 25.1 Å². The summed E-state index contributed by atoms with van der Waals surface area (Å²) in [5, 5.41) is 0. The summed E-state index contributed by atoms with van der Waals surface area (Å²) in [6.07, 6.45) is 5.16. The van der Waals surface area contributed by atoms with E-state index in [1.807, 2.05) is 0 Å². The zero-order valence-corrected chi connectivity index (χ0v) is 9.28. The number of nitrogens with two attached hydrogens (primary N) is 1. The van der Waals surface area contributed by atoms with Crippen LogP contribution in [0.1, 0.15) is 25.7 Å². The standard InChI is InChI=1S/C10H20N2S/c1-12(9-3-6-13-7-9)8-10(11)4-2-5-10/h9H,2-8,11H2,1H3. The minimum absolute atomic E-state index is 0.169. The van der Waals surface area contributed by atoms with Gasteiger partial charge in [-0.2, -0.15) is 11.8 Å². The molecule has 0 aromatic heterocycles. The Hall–Kier alpha value is 0.270. The number of nitrogens with zero attached hydrogens (tertiary/aromatic N) is 1. The van der Waals surface area contributed by atoms with E-state index >= 15 is 0 Å². The summed E-state index contributed by atoms with van der Waals surface area (Å²) >= 11 is 2.08. The molecule has 2 nitrogen and oxygen atoms in total. The van der Waals surface area contributed by atoms with E-state index in [-0.39, 0.29) is 5.54 Å². The SMILES string of the molecule is CN(CC1(N)CCC1)C1CCSC1. The Labute approximate surface area is 85.2 Å². The first kappa shape index (κ1) is 9.81. The minimum Gasteiger partial charge on any atom is -0.324 e. The van der Waals surface area contributed by atoms with Gasteiger partial charge in [-0.05, 0) is 38.5 Å². The van der Waals surface area contributed by atoms with Crippen LogP contribution in [0.4, 0.5) is 0 Å². The van der Waals surface area contributed by atoms with Crippen LogP contribution in [0.15, 0.2) is 0 Å². The van der Waals surface area contributed by atoms with Crippen molar-refractivity contribution < 1.29 is 0 Å². The lowest BCUT2D eigenvalue weighted by atomic mass is 9.77. The molecule has 0 radical (unpaired) electrons. The number of hydrogen-bond acceptors (Lipinski definition) is 3. The number of hydrogen-bond donors (Lipinski definition) is 1. The van der Waals surface area contributed by atoms with Crippen LogP contribution in [-0.4, -0.2) is 41.6 Å². The second-order valence-corrected chi connectivity index (χ2v) is 5.80. The van der Waals surface area contributed by atoms with Gasteiger partial charge in [0.25, 0.3) is 0 Å². The van der Waals surface area contributed by atoms with Crippen molar-refractivity contribution in [1.29, 1.82) is 0 Å². The number of thioether (sulfide) groups is 1. The molecule has 1 saturated carbocycles. The Balaban J connectivity index is 1.79. The van der Waals surface area contributed by atoms with Gasteiger partial charge in [0.15, 0.2) is 0 Å². The molecule has 2 N–H and O–H groups in total. The summed E-state index contributed by atoms with van der Waals surface area (Å²) in [7, 11) is 2.24. The first-order valence-corrected chi connectivity index (χ1v) is 6.42. The van der Waals surface area contributed by atoms with Gasteiger partial charge in [-0.3, -0.25) is 0 Å². The number of likely N-dealkylation sites (N-methyl/N-ethyl adjacent to an activating group) is 1. The normalized spacial score (nSPS) is 32.1. The predicted molar refractivity (Wildman–Crippen MR) is 59.1 cm³/mol. The lowest BCUT2D eigenvalue weighted by Gasteiger charge is -2.42. The maximum Gasteiger partial charge on any atom is 0.0283 e. The molecule has 1 atom stereocenters. The Bertz CT molecular complexity index is 174. The van der Waals surface area contributed by atoms with Crippen molar-refractivity contribution in [3.05, 3.63) is 0 Å². The van der Waals surface area contributed by atoms with Gasteiger partial charge in [-0.1, -0.05) is 0 Å². The molecule has 1 aliphatic heterocycles. The fourth-order valence-electron chi connectivity index (χ4n) is 2.28. The molecule has 0 amide bonds. The van der Waals surface area contributed by atoms with E-state index in [2.05, 4.69) is 23.7 Å². The Morgan fingerprint density at radius 2 is 2.31 bits per heavy atom. The minimum atomic E-state index is 0.169. The second-order valence-electron chi connectivity index (χ2n) is 4.65. The van der Waals surface area contributed by atoms with Crippen LogP contribution in [-0.2, 0) is 0 Å². The summed E-state index contributed by atoms with van der Waals surface area (Å²) in [5.74, 6) is 2.65. The molecule has 76 valence electrons. The zero-order valence-electron chi connectivity index (χ0n) is 8.46. The van der Waals surface area contributed by atoms with Crippen LogP contribution in [0, 0.1) is 0 Å². The molecular formula is C10H20N2S. The third-order valence-corrected chi connectivity index (χ3v) is 4.59. The average molecular weight is 200 g/mol. The van der Waals surface area contributed by atoms with Crippen molar-refractivity contribution in [1.82, 2.24) is 4.90 Å². The molecule has 0 spiro atoms. The lowest BCUT2D eigenvalue weighted by molar-refractivity contribution is 0.140. The fourth-order valence-corrected chi connectivity index (χ4v) is 3.58. The van der Waals surface area contributed by atoms with Gasteiger partial charge in [0.2, 0.25) is 0 Å². The molecular weight excluding hydrogens is 180 g/mol. The van der Waals surface area contributed by atoms with Crippen LogP contribution >= 0.6 is 11.8 Å². The van der Waals surface area contributed by atoms with E-state index in [1.165, 1.54) is 37.2 Å². The average Bonchev–Trinajstić information content (AvgIpc) is 2.53. The summed E-state index contributed by atoms with van der Waals surface area (Å²) in [6.45, 7) is 1.11. The fraction of sp³-hybridized carbons (Fsp3) is 1.00. The van der Waals surface area contributed by atoms with Gasteiger partial charge in [0.05, 0.1) is 0 Å². The van der Waals surface area contributed by atoms with Crippen molar-refractivity contribution in [3.63, 3.8) is 0 Å². The van der Waals surface area contributed by atoms with Crippen LogP contribution in [0.2, 0.25) is 0 Å².